The fourth-order valence-electron chi connectivity index (χ4n) is 3.05. The van der Waals surface area contributed by atoms with Gasteiger partial charge in [0, 0.05) is 12.2 Å². The Morgan fingerprint density at radius 2 is 2.08 bits per heavy atom. The SMILES string of the molecule is COC(=O)c1cc([C@@H]2Nc3ccccc3C(=O)N2CC(C)C)oc1C. The van der Waals surface area contributed by atoms with Gasteiger partial charge in [-0.05, 0) is 31.0 Å². The molecule has 0 aliphatic carbocycles. The number of para-hydroxylation sites is 1. The number of furan rings is 1. The van der Waals surface area contributed by atoms with Gasteiger partial charge in [0.2, 0.25) is 0 Å². The first-order valence-corrected chi connectivity index (χ1v) is 8.27. The summed E-state index contributed by atoms with van der Waals surface area (Å²) in [6, 6.07) is 9.04. The van der Waals surface area contributed by atoms with Gasteiger partial charge in [0.1, 0.15) is 17.1 Å². The molecule has 6 heteroatoms. The van der Waals surface area contributed by atoms with Gasteiger partial charge in [-0.1, -0.05) is 26.0 Å². The summed E-state index contributed by atoms with van der Waals surface area (Å²) in [5, 5.41) is 3.36. The molecule has 0 radical (unpaired) electrons. The molecule has 0 bridgehead atoms. The van der Waals surface area contributed by atoms with E-state index in [1.54, 1.807) is 17.9 Å². The minimum absolute atomic E-state index is 0.0540. The molecule has 1 aliphatic heterocycles. The van der Waals surface area contributed by atoms with Gasteiger partial charge in [0.15, 0.2) is 6.17 Å². The molecule has 1 aromatic carbocycles. The number of nitrogens with zero attached hydrogens (tertiary/aromatic N) is 1. The van der Waals surface area contributed by atoms with E-state index >= 15 is 0 Å². The molecule has 1 amide bonds. The summed E-state index contributed by atoms with van der Waals surface area (Å²) in [5.41, 5.74) is 1.76. The van der Waals surface area contributed by atoms with Crippen molar-refractivity contribution in [2.24, 2.45) is 5.92 Å². The van der Waals surface area contributed by atoms with E-state index in [0.29, 0.717) is 29.2 Å². The number of methoxy groups -OCH3 is 1. The Bertz CT molecular complexity index is 810. The predicted molar refractivity (Wildman–Crippen MR) is 93.5 cm³/mol. The van der Waals surface area contributed by atoms with E-state index in [-0.39, 0.29) is 11.8 Å². The van der Waals surface area contributed by atoms with Crippen molar-refractivity contribution in [1.82, 2.24) is 4.90 Å². The molecule has 0 fully saturated rings. The molecular formula is C19H22N2O4. The lowest BCUT2D eigenvalue weighted by atomic mass is 10.0. The molecule has 2 heterocycles. The molecule has 0 saturated heterocycles. The Morgan fingerprint density at radius 3 is 2.76 bits per heavy atom. The Balaban J connectivity index is 2.03. The molecular weight excluding hydrogens is 320 g/mol. The van der Waals surface area contributed by atoms with Crippen molar-refractivity contribution >= 4 is 17.6 Å². The van der Waals surface area contributed by atoms with Crippen LogP contribution in [0.25, 0.3) is 0 Å². The zero-order valence-corrected chi connectivity index (χ0v) is 14.8. The molecule has 1 aromatic heterocycles. The molecule has 1 N–H and O–H groups in total. The van der Waals surface area contributed by atoms with Gasteiger partial charge in [-0.3, -0.25) is 4.79 Å². The van der Waals surface area contributed by atoms with E-state index in [0.717, 1.165) is 5.69 Å². The third-order valence-corrected chi connectivity index (χ3v) is 4.20. The quantitative estimate of drug-likeness (QED) is 0.860. The highest BCUT2D eigenvalue weighted by Gasteiger charge is 2.35. The number of esters is 1. The minimum Gasteiger partial charge on any atom is -0.465 e. The largest absolute Gasteiger partial charge is 0.465 e. The predicted octanol–water partition coefficient (Wildman–Crippen LogP) is 3.60. The molecule has 1 aliphatic rings. The van der Waals surface area contributed by atoms with Crippen molar-refractivity contribution < 1.29 is 18.7 Å². The first kappa shape index (κ1) is 17.1. The van der Waals surface area contributed by atoms with Crippen LogP contribution in [0.5, 0.6) is 0 Å². The number of ether oxygens (including phenoxy) is 1. The van der Waals surface area contributed by atoms with Crippen LogP contribution in [0.2, 0.25) is 0 Å². The monoisotopic (exact) mass is 342 g/mol. The van der Waals surface area contributed by atoms with Gasteiger partial charge in [0.25, 0.3) is 5.91 Å². The number of rotatable bonds is 4. The Morgan fingerprint density at radius 1 is 1.36 bits per heavy atom. The van der Waals surface area contributed by atoms with Crippen molar-refractivity contribution in [3.63, 3.8) is 0 Å². The third-order valence-electron chi connectivity index (χ3n) is 4.20. The lowest BCUT2D eigenvalue weighted by Crippen LogP contribution is -2.44. The highest BCUT2D eigenvalue weighted by Crippen LogP contribution is 2.35. The molecule has 6 nitrogen and oxygen atoms in total. The summed E-state index contributed by atoms with van der Waals surface area (Å²) < 4.78 is 10.6. The summed E-state index contributed by atoms with van der Waals surface area (Å²) >= 11 is 0. The van der Waals surface area contributed by atoms with E-state index < -0.39 is 12.1 Å². The van der Waals surface area contributed by atoms with E-state index in [1.807, 2.05) is 24.3 Å². The molecule has 1 atom stereocenters. The number of amides is 1. The van der Waals surface area contributed by atoms with Gasteiger partial charge in [0.05, 0.1) is 12.7 Å². The Kier molecular flexibility index (Phi) is 4.53. The van der Waals surface area contributed by atoms with E-state index in [4.69, 9.17) is 9.15 Å². The zero-order valence-electron chi connectivity index (χ0n) is 14.8. The lowest BCUT2D eigenvalue weighted by Gasteiger charge is -2.37. The number of carbonyl (C=O) groups excluding carboxylic acids is 2. The summed E-state index contributed by atoms with van der Waals surface area (Å²) in [4.78, 5) is 26.6. The number of hydrogen-bond acceptors (Lipinski definition) is 5. The zero-order chi connectivity index (χ0) is 18.1. The van der Waals surface area contributed by atoms with Crippen LogP contribution < -0.4 is 5.32 Å². The molecule has 2 aromatic rings. The maximum absolute atomic E-state index is 13.0. The van der Waals surface area contributed by atoms with Gasteiger partial charge >= 0.3 is 5.97 Å². The number of nitrogens with one attached hydrogen (secondary N) is 1. The minimum atomic E-state index is -0.470. The second kappa shape index (κ2) is 6.63. The Hall–Kier alpha value is -2.76. The fraction of sp³-hybridized carbons (Fsp3) is 0.368. The second-order valence-corrected chi connectivity index (χ2v) is 6.55. The van der Waals surface area contributed by atoms with E-state index in [1.165, 1.54) is 7.11 Å². The first-order chi connectivity index (χ1) is 11.9. The van der Waals surface area contributed by atoms with Crippen molar-refractivity contribution in [2.45, 2.75) is 26.9 Å². The molecule has 132 valence electrons. The van der Waals surface area contributed by atoms with Crippen LogP contribution in [0.15, 0.2) is 34.7 Å². The number of fused-ring (bicyclic) bond motifs is 1. The van der Waals surface area contributed by atoms with Crippen molar-refractivity contribution in [1.29, 1.82) is 0 Å². The number of aryl methyl sites for hydroxylation is 1. The summed E-state index contributed by atoms with van der Waals surface area (Å²) in [5.74, 6) is 0.766. The molecule has 3 rings (SSSR count). The molecule has 0 spiro atoms. The molecule has 0 saturated carbocycles. The van der Waals surface area contributed by atoms with Crippen molar-refractivity contribution in [3.8, 4) is 0 Å². The smallest absolute Gasteiger partial charge is 0.341 e. The van der Waals surface area contributed by atoms with Crippen LogP contribution in [0.4, 0.5) is 5.69 Å². The van der Waals surface area contributed by atoms with Crippen LogP contribution >= 0.6 is 0 Å². The lowest BCUT2D eigenvalue weighted by molar-refractivity contribution is 0.0597. The van der Waals surface area contributed by atoms with E-state index in [9.17, 15) is 9.59 Å². The van der Waals surface area contributed by atoms with Gasteiger partial charge in [-0.2, -0.15) is 0 Å². The average Bonchev–Trinajstić information content (AvgIpc) is 2.98. The van der Waals surface area contributed by atoms with Crippen molar-refractivity contribution in [3.05, 3.63) is 53.0 Å². The van der Waals surface area contributed by atoms with Crippen LogP contribution in [0, 0.1) is 12.8 Å². The molecule has 25 heavy (non-hydrogen) atoms. The highest BCUT2D eigenvalue weighted by atomic mass is 16.5. The fourth-order valence-corrected chi connectivity index (χ4v) is 3.05. The van der Waals surface area contributed by atoms with Crippen LogP contribution in [-0.2, 0) is 4.74 Å². The van der Waals surface area contributed by atoms with E-state index in [2.05, 4.69) is 19.2 Å². The molecule has 0 unspecified atom stereocenters. The van der Waals surface area contributed by atoms with Crippen LogP contribution in [0.1, 0.15) is 52.2 Å². The summed E-state index contributed by atoms with van der Waals surface area (Å²) in [7, 11) is 1.33. The normalized spacial score (nSPS) is 16.6. The highest BCUT2D eigenvalue weighted by molar-refractivity contribution is 6.01. The van der Waals surface area contributed by atoms with Crippen LogP contribution in [0.3, 0.4) is 0 Å². The summed E-state index contributed by atoms with van der Waals surface area (Å²) in [6.45, 7) is 6.38. The van der Waals surface area contributed by atoms with Gasteiger partial charge in [-0.15, -0.1) is 0 Å². The number of benzene rings is 1. The standard InChI is InChI=1S/C19H22N2O4/c1-11(2)10-21-17(16-9-14(12(3)25-16)19(23)24-4)20-15-8-6-5-7-13(15)18(21)22/h5-9,11,17,20H,10H2,1-4H3/t17-/m1/s1. The van der Waals surface area contributed by atoms with Crippen molar-refractivity contribution in [2.75, 3.05) is 19.0 Å². The number of anilines is 1. The second-order valence-electron chi connectivity index (χ2n) is 6.55. The maximum Gasteiger partial charge on any atom is 0.341 e. The summed E-state index contributed by atoms with van der Waals surface area (Å²) in [6.07, 6.45) is -0.470. The van der Waals surface area contributed by atoms with Crippen LogP contribution in [-0.4, -0.2) is 30.4 Å². The first-order valence-electron chi connectivity index (χ1n) is 8.27. The topological polar surface area (TPSA) is 71.8 Å². The van der Waals surface area contributed by atoms with Gasteiger partial charge in [-0.25, -0.2) is 4.79 Å². The number of hydrogen-bond donors (Lipinski definition) is 1. The van der Waals surface area contributed by atoms with Gasteiger partial charge < -0.3 is 19.4 Å². The maximum atomic E-state index is 13.0. The Labute approximate surface area is 146 Å². The average molecular weight is 342 g/mol. The number of carbonyl (C=O) groups is 2. The third kappa shape index (κ3) is 3.12.